The van der Waals surface area contributed by atoms with Crippen molar-refractivity contribution in [2.45, 2.75) is 25.4 Å². The fraction of sp³-hybridized carbons (Fsp3) is 0.265. The van der Waals surface area contributed by atoms with Crippen LogP contribution in [0.1, 0.15) is 27.9 Å². The molecule has 2 aromatic carbocycles. The molecule has 2 aromatic heterocycles. The summed E-state index contributed by atoms with van der Waals surface area (Å²) in [6.45, 7) is 1.30. The number of amides is 1. The second-order valence-corrected chi connectivity index (χ2v) is 11.9. The third kappa shape index (κ3) is 5.79. The van der Waals surface area contributed by atoms with Crippen molar-refractivity contribution in [1.82, 2.24) is 19.8 Å². The Kier molecular flexibility index (Phi) is 8.95. The molecular weight excluding hydrogens is 631 g/mol. The van der Waals surface area contributed by atoms with Crippen molar-refractivity contribution in [2.24, 2.45) is 0 Å². The SMILES string of the molecule is COc1cc(-c2nccc(-c3cccc(-c4ccc(C=O)c(OC)n4)c3Cl)c2Cl)cc2c1CN(C1CCN(CC(=O)O)C1=O)CC2. The lowest BCUT2D eigenvalue weighted by Gasteiger charge is -2.33. The van der Waals surface area contributed by atoms with E-state index in [9.17, 15) is 14.4 Å². The molecule has 46 heavy (non-hydrogen) atoms. The monoisotopic (exact) mass is 660 g/mol. The van der Waals surface area contributed by atoms with Gasteiger partial charge in [0.25, 0.3) is 0 Å². The van der Waals surface area contributed by atoms with Gasteiger partial charge in [0.2, 0.25) is 11.8 Å². The van der Waals surface area contributed by atoms with Crippen LogP contribution in [0.15, 0.2) is 54.7 Å². The number of hydrogen-bond acceptors (Lipinski definition) is 8. The zero-order valence-corrected chi connectivity index (χ0v) is 26.6. The van der Waals surface area contributed by atoms with Gasteiger partial charge < -0.3 is 19.5 Å². The Morgan fingerprint density at radius 3 is 2.57 bits per heavy atom. The van der Waals surface area contributed by atoms with Gasteiger partial charge in [-0.1, -0.05) is 41.4 Å². The molecule has 2 aliphatic heterocycles. The number of halogens is 2. The molecule has 1 unspecified atom stereocenters. The summed E-state index contributed by atoms with van der Waals surface area (Å²) in [6.07, 6.45) is 3.63. The number of rotatable bonds is 9. The molecule has 0 aliphatic carbocycles. The first-order valence-corrected chi connectivity index (χ1v) is 15.4. The summed E-state index contributed by atoms with van der Waals surface area (Å²) in [5, 5.41) is 10.0. The largest absolute Gasteiger partial charge is 0.496 e. The molecule has 12 heteroatoms. The second-order valence-electron chi connectivity index (χ2n) is 11.1. The number of aliphatic carboxylic acids is 1. The number of nitrogens with zero attached hydrogens (tertiary/aromatic N) is 4. The van der Waals surface area contributed by atoms with E-state index >= 15 is 0 Å². The van der Waals surface area contributed by atoms with Crippen molar-refractivity contribution < 1.29 is 29.0 Å². The number of aromatic nitrogens is 2. The van der Waals surface area contributed by atoms with Gasteiger partial charge in [-0.15, -0.1) is 0 Å². The van der Waals surface area contributed by atoms with Crippen LogP contribution in [-0.2, 0) is 22.6 Å². The highest BCUT2D eigenvalue weighted by atomic mass is 35.5. The Morgan fingerprint density at radius 2 is 1.83 bits per heavy atom. The summed E-state index contributed by atoms with van der Waals surface area (Å²) < 4.78 is 11.1. The number of carbonyl (C=O) groups excluding carboxylic acids is 2. The molecule has 0 spiro atoms. The smallest absolute Gasteiger partial charge is 0.323 e. The molecule has 1 amide bonds. The third-order valence-corrected chi connectivity index (χ3v) is 9.31. The number of aldehydes is 1. The summed E-state index contributed by atoms with van der Waals surface area (Å²) in [6, 6.07) is 14.3. The maximum Gasteiger partial charge on any atom is 0.323 e. The zero-order valence-electron chi connectivity index (χ0n) is 25.1. The van der Waals surface area contributed by atoms with E-state index in [1.807, 2.05) is 24.3 Å². The summed E-state index contributed by atoms with van der Waals surface area (Å²) in [5.41, 5.74) is 6.30. The van der Waals surface area contributed by atoms with Crippen LogP contribution in [0.4, 0.5) is 0 Å². The molecule has 4 heterocycles. The van der Waals surface area contributed by atoms with Gasteiger partial charge in [0.05, 0.1) is 47.3 Å². The third-order valence-electron chi connectivity index (χ3n) is 8.52. The van der Waals surface area contributed by atoms with Crippen molar-refractivity contribution in [3.05, 3.63) is 81.5 Å². The Labute approximate surface area is 275 Å². The van der Waals surface area contributed by atoms with E-state index in [2.05, 4.69) is 20.9 Å². The number of carbonyl (C=O) groups is 3. The Morgan fingerprint density at radius 1 is 1.04 bits per heavy atom. The van der Waals surface area contributed by atoms with Crippen LogP contribution in [0.3, 0.4) is 0 Å². The van der Waals surface area contributed by atoms with E-state index < -0.39 is 5.97 Å². The first kappa shape index (κ1) is 31.5. The molecule has 236 valence electrons. The van der Waals surface area contributed by atoms with Crippen LogP contribution in [0.2, 0.25) is 10.0 Å². The second kappa shape index (κ2) is 13.1. The van der Waals surface area contributed by atoms with Crippen molar-refractivity contribution in [3.8, 4) is 45.3 Å². The normalized spacial score (nSPS) is 16.3. The fourth-order valence-corrected chi connectivity index (χ4v) is 6.91. The minimum absolute atomic E-state index is 0.148. The Bertz CT molecular complexity index is 1850. The number of benzene rings is 2. The highest BCUT2D eigenvalue weighted by Gasteiger charge is 2.38. The highest BCUT2D eigenvalue weighted by Crippen LogP contribution is 2.43. The van der Waals surface area contributed by atoms with E-state index in [0.717, 1.165) is 16.7 Å². The molecule has 0 bridgehead atoms. The fourth-order valence-electron chi connectivity index (χ4n) is 6.26. The minimum atomic E-state index is -1.01. The molecule has 0 saturated carbocycles. The Hall–Kier alpha value is -4.51. The lowest BCUT2D eigenvalue weighted by Crippen LogP contribution is -2.45. The molecule has 1 N–H and O–H groups in total. The Balaban J connectivity index is 1.32. The van der Waals surface area contributed by atoms with E-state index in [1.165, 1.54) is 12.0 Å². The van der Waals surface area contributed by atoms with Gasteiger partial charge in [0.15, 0.2) is 6.29 Å². The number of fused-ring (bicyclic) bond motifs is 1. The quantitative estimate of drug-likeness (QED) is 0.227. The maximum absolute atomic E-state index is 12.9. The van der Waals surface area contributed by atoms with Crippen molar-refractivity contribution in [1.29, 1.82) is 0 Å². The average Bonchev–Trinajstić information content (AvgIpc) is 3.42. The topological polar surface area (TPSA) is 122 Å². The van der Waals surface area contributed by atoms with E-state index in [4.69, 9.17) is 37.8 Å². The average molecular weight is 662 g/mol. The standard InChI is InChI=1S/C34H30Cl2N4O6/c1-45-28-15-21(14-19-9-12-39(16-25(19)28)27-10-13-40(34(27)44)17-29(42)43)32-31(36)23(8-11-37-32)22-4-3-5-24(30(22)35)26-7-6-20(18-41)33(38-26)46-2/h3-8,11,14-15,18,27H,9-10,12-13,16-17H2,1-2H3,(H,42,43). The summed E-state index contributed by atoms with van der Waals surface area (Å²) in [5.74, 6) is -0.295. The molecule has 10 nitrogen and oxygen atoms in total. The zero-order chi connectivity index (χ0) is 32.5. The van der Waals surface area contributed by atoms with Crippen molar-refractivity contribution in [3.63, 3.8) is 0 Å². The van der Waals surface area contributed by atoms with Crippen LogP contribution >= 0.6 is 23.2 Å². The summed E-state index contributed by atoms with van der Waals surface area (Å²) in [4.78, 5) is 48.1. The number of carboxylic acid groups (broad SMARTS) is 1. The van der Waals surface area contributed by atoms with Gasteiger partial charge in [-0.25, -0.2) is 4.98 Å². The van der Waals surface area contributed by atoms with E-state index in [0.29, 0.717) is 88.2 Å². The van der Waals surface area contributed by atoms with Gasteiger partial charge in [-0.3, -0.25) is 24.3 Å². The summed E-state index contributed by atoms with van der Waals surface area (Å²) in [7, 11) is 3.06. The maximum atomic E-state index is 12.9. The van der Waals surface area contributed by atoms with Crippen molar-refractivity contribution >= 4 is 41.4 Å². The summed E-state index contributed by atoms with van der Waals surface area (Å²) >= 11 is 14.0. The van der Waals surface area contributed by atoms with Gasteiger partial charge in [0, 0.05) is 53.6 Å². The lowest BCUT2D eigenvalue weighted by atomic mass is 9.93. The van der Waals surface area contributed by atoms with Crippen LogP contribution in [0, 0.1) is 0 Å². The van der Waals surface area contributed by atoms with Crippen molar-refractivity contribution in [2.75, 3.05) is 33.9 Å². The number of pyridine rings is 2. The number of methoxy groups -OCH3 is 2. The number of carboxylic acids is 1. The van der Waals surface area contributed by atoms with Gasteiger partial charge >= 0.3 is 5.97 Å². The van der Waals surface area contributed by atoms with Crippen LogP contribution in [0.5, 0.6) is 11.6 Å². The van der Waals surface area contributed by atoms with Gasteiger partial charge in [0.1, 0.15) is 12.3 Å². The first-order chi connectivity index (χ1) is 22.2. The molecule has 6 rings (SSSR count). The predicted molar refractivity (Wildman–Crippen MR) is 174 cm³/mol. The minimum Gasteiger partial charge on any atom is -0.496 e. The predicted octanol–water partition coefficient (Wildman–Crippen LogP) is 5.66. The molecule has 4 aromatic rings. The first-order valence-electron chi connectivity index (χ1n) is 14.6. The molecule has 1 fully saturated rings. The molecular formula is C34H30Cl2N4O6. The van der Waals surface area contributed by atoms with Crippen LogP contribution in [0.25, 0.3) is 33.6 Å². The lowest BCUT2D eigenvalue weighted by molar-refractivity contribution is -0.144. The molecule has 1 atom stereocenters. The van der Waals surface area contributed by atoms with Crippen LogP contribution in [-0.4, -0.2) is 82.9 Å². The molecule has 1 saturated heterocycles. The van der Waals surface area contributed by atoms with Gasteiger partial charge in [-0.2, -0.15) is 0 Å². The number of ether oxygens (including phenoxy) is 2. The van der Waals surface area contributed by atoms with Gasteiger partial charge in [-0.05, 0) is 48.7 Å². The van der Waals surface area contributed by atoms with E-state index in [1.54, 1.807) is 31.5 Å². The molecule has 2 aliphatic rings. The number of likely N-dealkylation sites (tertiary alicyclic amines) is 1. The molecule has 0 radical (unpaired) electrons. The highest BCUT2D eigenvalue weighted by molar-refractivity contribution is 6.39. The number of hydrogen-bond donors (Lipinski definition) is 1. The van der Waals surface area contributed by atoms with E-state index in [-0.39, 0.29) is 24.4 Å². The van der Waals surface area contributed by atoms with Crippen LogP contribution < -0.4 is 9.47 Å².